The third-order valence-electron chi connectivity index (χ3n) is 5.09. The van der Waals surface area contributed by atoms with Crippen LogP contribution in [0.25, 0.3) is 0 Å². The number of likely N-dealkylation sites (tertiary alicyclic amines) is 1. The van der Waals surface area contributed by atoms with Gasteiger partial charge in [-0.3, -0.25) is 9.59 Å². The first-order valence-electron chi connectivity index (χ1n) is 8.42. The van der Waals surface area contributed by atoms with E-state index < -0.39 is 17.6 Å². The van der Waals surface area contributed by atoms with Crippen LogP contribution in [0.2, 0.25) is 0 Å². The molecule has 6 heteroatoms. The summed E-state index contributed by atoms with van der Waals surface area (Å²) in [4.78, 5) is 25.1. The first kappa shape index (κ1) is 16.9. The highest BCUT2D eigenvalue weighted by Crippen LogP contribution is 2.49. The van der Waals surface area contributed by atoms with Gasteiger partial charge in [0, 0.05) is 25.4 Å². The lowest BCUT2D eigenvalue weighted by Crippen LogP contribution is -2.41. The summed E-state index contributed by atoms with van der Waals surface area (Å²) in [6.45, 7) is 1.23. The Balaban J connectivity index is 1.59. The van der Waals surface area contributed by atoms with Crippen molar-refractivity contribution in [2.24, 2.45) is 11.8 Å². The molecule has 1 saturated heterocycles. The summed E-state index contributed by atoms with van der Waals surface area (Å²) in [5.41, 5.74) is 0.285. The largest absolute Gasteiger partial charge is 0.481 e. The Kier molecular flexibility index (Phi) is 4.83. The Morgan fingerprint density at radius 1 is 1.29 bits per heavy atom. The molecule has 1 aromatic carbocycles. The zero-order valence-corrected chi connectivity index (χ0v) is 13.4. The Labute approximate surface area is 139 Å². The molecular formula is C18H21F2NO3. The van der Waals surface area contributed by atoms with Crippen LogP contribution in [0.3, 0.4) is 0 Å². The van der Waals surface area contributed by atoms with Gasteiger partial charge in [0.25, 0.3) is 0 Å². The molecule has 3 rings (SSSR count). The van der Waals surface area contributed by atoms with E-state index in [1.54, 1.807) is 11.0 Å². The minimum absolute atomic E-state index is 0.0105. The summed E-state index contributed by atoms with van der Waals surface area (Å²) in [6, 6.07) is 4.09. The maximum Gasteiger partial charge on any atom is 0.303 e. The van der Waals surface area contributed by atoms with Crippen molar-refractivity contribution in [2.75, 3.05) is 13.1 Å². The Bertz CT molecular complexity index is 649. The molecule has 0 spiro atoms. The molecule has 0 unspecified atom stereocenters. The zero-order chi connectivity index (χ0) is 17.3. The van der Waals surface area contributed by atoms with Gasteiger partial charge in [-0.05, 0) is 49.1 Å². The van der Waals surface area contributed by atoms with Crippen molar-refractivity contribution < 1.29 is 23.5 Å². The number of carbonyl (C=O) groups is 2. The lowest BCUT2D eigenvalue weighted by Gasteiger charge is -2.33. The number of carboxylic acids is 1. The molecule has 130 valence electrons. The molecule has 1 N–H and O–H groups in total. The minimum atomic E-state index is -0.877. The van der Waals surface area contributed by atoms with E-state index in [9.17, 15) is 18.4 Å². The van der Waals surface area contributed by atoms with Crippen LogP contribution in [0, 0.1) is 23.5 Å². The number of carboxylic acid groups (broad SMARTS) is 1. The highest BCUT2D eigenvalue weighted by atomic mass is 19.2. The van der Waals surface area contributed by atoms with Crippen LogP contribution >= 0.6 is 0 Å². The summed E-state index contributed by atoms with van der Waals surface area (Å²) in [6.07, 6.45) is 3.04. The van der Waals surface area contributed by atoms with Gasteiger partial charge in [0.1, 0.15) is 0 Å². The molecule has 3 atom stereocenters. The summed E-state index contributed by atoms with van der Waals surface area (Å²) in [5.74, 6) is -2.87. The van der Waals surface area contributed by atoms with Crippen molar-refractivity contribution in [2.45, 2.75) is 38.0 Å². The fourth-order valence-electron chi connectivity index (χ4n) is 3.68. The normalized spacial score (nSPS) is 26.2. The van der Waals surface area contributed by atoms with Crippen molar-refractivity contribution in [1.82, 2.24) is 4.90 Å². The molecule has 1 heterocycles. The third kappa shape index (κ3) is 3.57. The zero-order valence-electron chi connectivity index (χ0n) is 13.4. The summed E-state index contributed by atoms with van der Waals surface area (Å²) in [5, 5.41) is 8.78. The predicted octanol–water partition coefficient (Wildman–Crippen LogP) is 3.17. The fourth-order valence-corrected chi connectivity index (χ4v) is 3.68. The molecule has 2 aliphatic rings. The predicted molar refractivity (Wildman–Crippen MR) is 83.4 cm³/mol. The molecule has 1 aromatic rings. The van der Waals surface area contributed by atoms with Gasteiger partial charge in [0.2, 0.25) is 5.91 Å². The molecular weight excluding hydrogens is 316 g/mol. The van der Waals surface area contributed by atoms with Crippen LogP contribution in [-0.2, 0) is 9.59 Å². The van der Waals surface area contributed by atoms with Crippen LogP contribution in [-0.4, -0.2) is 35.0 Å². The quantitative estimate of drug-likeness (QED) is 0.898. The van der Waals surface area contributed by atoms with Gasteiger partial charge < -0.3 is 10.0 Å². The molecule has 4 nitrogen and oxygen atoms in total. The lowest BCUT2D eigenvalue weighted by molar-refractivity contribution is -0.137. The Morgan fingerprint density at radius 3 is 2.83 bits per heavy atom. The van der Waals surface area contributed by atoms with Gasteiger partial charge in [-0.15, -0.1) is 0 Å². The van der Waals surface area contributed by atoms with Gasteiger partial charge in [-0.2, -0.15) is 0 Å². The van der Waals surface area contributed by atoms with Crippen LogP contribution in [0.5, 0.6) is 0 Å². The number of piperidine rings is 1. The molecule has 1 amide bonds. The molecule has 0 bridgehead atoms. The van der Waals surface area contributed by atoms with E-state index in [1.807, 2.05) is 0 Å². The molecule has 1 saturated carbocycles. The van der Waals surface area contributed by atoms with E-state index in [0.717, 1.165) is 18.9 Å². The van der Waals surface area contributed by atoms with Gasteiger partial charge in [0.05, 0.1) is 0 Å². The average molecular weight is 337 g/mol. The molecule has 0 aromatic heterocycles. The van der Waals surface area contributed by atoms with Crippen molar-refractivity contribution in [3.8, 4) is 0 Å². The van der Waals surface area contributed by atoms with Crippen molar-refractivity contribution >= 4 is 11.9 Å². The molecule has 0 radical (unpaired) electrons. The number of rotatable bonds is 5. The van der Waals surface area contributed by atoms with E-state index in [4.69, 9.17) is 5.11 Å². The summed E-state index contributed by atoms with van der Waals surface area (Å²) < 4.78 is 27.2. The molecule has 2 fully saturated rings. The topological polar surface area (TPSA) is 57.6 Å². The molecule has 1 aliphatic heterocycles. The monoisotopic (exact) mass is 337 g/mol. The van der Waals surface area contributed by atoms with Crippen molar-refractivity contribution in [3.63, 3.8) is 0 Å². The maximum atomic E-state index is 13.9. The molecule has 24 heavy (non-hydrogen) atoms. The summed E-state index contributed by atoms with van der Waals surface area (Å²) >= 11 is 0. The van der Waals surface area contributed by atoms with Gasteiger partial charge in [-0.25, -0.2) is 8.78 Å². The van der Waals surface area contributed by atoms with E-state index in [1.165, 1.54) is 6.07 Å². The first-order chi connectivity index (χ1) is 11.5. The molecule has 1 aliphatic carbocycles. The van der Waals surface area contributed by atoms with E-state index in [-0.39, 0.29) is 35.6 Å². The summed E-state index contributed by atoms with van der Waals surface area (Å²) in [7, 11) is 0. The average Bonchev–Trinajstić information content (AvgIpc) is 3.35. The Hall–Kier alpha value is -1.98. The van der Waals surface area contributed by atoms with Crippen LogP contribution in [0.15, 0.2) is 18.2 Å². The number of hydrogen-bond donors (Lipinski definition) is 1. The number of carbonyl (C=O) groups excluding carboxylic acids is 1. The van der Waals surface area contributed by atoms with Gasteiger partial charge in [0.15, 0.2) is 11.6 Å². The second-order valence-corrected chi connectivity index (χ2v) is 6.82. The second kappa shape index (κ2) is 6.87. The number of nitrogens with zero attached hydrogens (tertiary/aromatic N) is 1. The number of benzene rings is 1. The maximum absolute atomic E-state index is 13.9. The van der Waals surface area contributed by atoms with E-state index in [2.05, 4.69) is 0 Å². The SMILES string of the molecule is O=C(O)CC[C@@H]1CCCN(C(=O)[C@@H]2C[C@@H]2c2cccc(F)c2F)C1. The number of hydrogen-bond acceptors (Lipinski definition) is 2. The number of aliphatic carboxylic acids is 1. The van der Waals surface area contributed by atoms with Crippen LogP contribution in [0.1, 0.15) is 43.6 Å². The van der Waals surface area contributed by atoms with Crippen LogP contribution in [0.4, 0.5) is 8.78 Å². The van der Waals surface area contributed by atoms with E-state index >= 15 is 0 Å². The van der Waals surface area contributed by atoms with Crippen molar-refractivity contribution in [1.29, 1.82) is 0 Å². The highest BCUT2D eigenvalue weighted by Gasteiger charge is 2.47. The fraction of sp³-hybridized carbons (Fsp3) is 0.556. The smallest absolute Gasteiger partial charge is 0.303 e. The lowest BCUT2D eigenvalue weighted by atomic mass is 9.93. The number of halogens is 2. The Morgan fingerprint density at radius 2 is 2.08 bits per heavy atom. The minimum Gasteiger partial charge on any atom is -0.481 e. The standard InChI is InChI=1S/C18H21F2NO3/c19-15-5-1-4-12(17(15)20)13-9-14(13)18(24)21-8-2-3-11(10-21)6-7-16(22)23/h1,4-5,11,13-14H,2-3,6-10H2,(H,22,23)/t11-,13+,14+/m0/s1. The number of amides is 1. The van der Waals surface area contributed by atoms with Gasteiger partial charge in [-0.1, -0.05) is 12.1 Å². The first-order valence-corrected chi connectivity index (χ1v) is 8.42. The second-order valence-electron chi connectivity index (χ2n) is 6.82. The van der Waals surface area contributed by atoms with Crippen molar-refractivity contribution in [3.05, 3.63) is 35.4 Å². The van der Waals surface area contributed by atoms with Gasteiger partial charge >= 0.3 is 5.97 Å². The third-order valence-corrected chi connectivity index (χ3v) is 5.09. The van der Waals surface area contributed by atoms with E-state index in [0.29, 0.717) is 25.9 Å². The van der Waals surface area contributed by atoms with Crippen LogP contribution < -0.4 is 0 Å². The highest BCUT2D eigenvalue weighted by molar-refractivity contribution is 5.83.